The standard InChI is InChI=1S/C9H11BClN2O3PS/c1-17(10)16-9(15)6-4(2-11)3-18-8-5(12)7(14)13(6)8/h5,8H,2-3,12H2,1H3/t5-,8?,17?/m1/s1. The molecule has 0 aromatic heterocycles. The van der Waals surface area contributed by atoms with Crippen LogP contribution in [0.4, 0.5) is 0 Å². The summed E-state index contributed by atoms with van der Waals surface area (Å²) in [6.45, 7) is 1.60. The molecule has 96 valence electrons. The third-order valence-corrected chi connectivity index (χ3v) is 4.81. The van der Waals surface area contributed by atoms with Crippen LogP contribution in [0.1, 0.15) is 0 Å². The average molecular weight is 305 g/mol. The van der Waals surface area contributed by atoms with Crippen molar-refractivity contribution in [3.8, 4) is 0 Å². The third-order valence-electron chi connectivity index (χ3n) is 2.67. The summed E-state index contributed by atoms with van der Waals surface area (Å²) in [6, 6.07) is -0.560. The SMILES string of the molecule is [B]P(C)OC(=O)C1=C(CCl)CSC2[C@H](N)C(=O)N12. The smallest absolute Gasteiger partial charge is 0.356 e. The Hall–Kier alpha value is -0.225. The van der Waals surface area contributed by atoms with Gasteiger partial charge in [-0.1, -0.05) is 0 Å². The monoisotopic (exact) mass is 304 g/mol. The Morgan fingerprint density at radius 1 is 1.78 bits per heavy atom. The summed E-state index contributed by atoms with van der Waals surface area (Å²) in [4.78, 5) is 25.1. The second kappa shape index (κ2) is 5.41. The molecule has 0 spiro atoms. The molecule has 1 fully saturated rings. The number of amides is 1. The van der Waals surface area contributed by atoms with Crippen LogP contribution in [0.25, 0.3) is 0 Å². The van der Waals surface area contributed by atoms with Crippen LogP contribution >= 0.6 is 31.4 Å². The molecule has 0 saturated carbocycles. The first-order chi connectivity index (χ1) is 8.47. The molecule has 0 aromatic rings. The van der Waals surface area contributed by atoms with Gasteiger partial charge in [-0.25, -0.2) is 4.79 Å². The van der Waals surface area contributed by atoms with Crippen molar-refractivity contribution < 1.29 is 14.1 Å². The van der Waals surface area contributed by atoms with Crippen LogP contribution in [0.3, 0.4) is 0 Å². The van der Waals surface area contributed by atoms with Gasteiger partial charge in [0.1, 0.15) is 17.1 Å². The molecular formula is C9H11BClN2O3PS. The molecule has 1 saturated heterocycles. The van der Waals surface area contributed by atoms with E-state index in [1.807, 2.05) is 0 Å². The number of β-lactam (4-membered cyclic amide) rings is 1. The number of hydrogen-bond acceptors (Lipinski definition) is 5. The fraction of sp³-hybridized carbons (Fsp3) is 0.556. The maximum Gasteiger partial charge on any atom is 0.356 e. The molecule has 18 heavy (non-hydrogen) atoms. The summed E-state index contributed by atoms with van der Waals surface area (Å²) < 4.78 is 5.00. The van der Waals surface area contributed by atoms with Crippen LogP contribution in [0.15, 0.2) is 11.3 Å². The molecule has 2 aliphatic rings. The number of halogens is 1. The van der Waals surface area contributed by atoms with E-state index in [2.05, 4.69) is 0 Å². The van der Waals surface area contributed by atoms with Gasteiger partial charge < -0.3 is 10.3 Å². The molecule has 0 aliphatic carbocycles. The molecule has 2 heterocycles. The van der Waals surface area contributed by atoms with Crippen LogP contribution in [0.2, 0.25) is 0 Å². The van der Waals surface area contributed by atoms with E-state index >= 15 is 0 Å². The summed E-state index contributed by atoms with van der Waals surface area (Å²) >= 11 is 7.30. The summed E-state index contributed by atoms with van der Waals surface area (Å²) in [5.41, 5.74) is 6.59. The minimum Gasteiger partial charge on any atom is -0.452 e. The minimum atomic E-state index is -1.33. The summed E-state index contributed by atoms with van der Waals surface area (Å²) in [6.07, 6.45) is 0. The normalized spacial score (nSPS) is 28.6. The van der Waals surface area contributed by atoms with Crippen molar-refractivity contribution >= 4 is 50.8 Å². The first-order valence-corrected chi connectivity index (χ1v) is 8.52. The van der Waals surface area contributed by atoms with Gasteiger partial charge in [-0.2, -0.15) is 0 Å². The summed E-state index contributed by atoms with van der Waals surface area (Å²) in [7, 11) is 4.15. The number of thioether (sulfide) groups is 1. The van der Waals surface area contributed by atoms with E-state index in [4.69, 9.17) is 29.4 Å². The van der Waals surface area contributed by atoms with Crippen LogP contribution in [0, 0.1) is 0 Å². The largest absolute Gasteiger partial charge is 0.452 e. The Morgan fingerprint density at radius 2 is 2.44 bits per heavy atom. The van der Waals surface area contributed by atoms with Gasteiger partial charge in [-0.15, -0.1) is 23.4 Å². The van der Waals surface area contributed by atoms with E-state index in [0.29, 0.717) is 11.3 Å². The molecule has 5 nitrogen and oxygen atoms in total. The Labute approximate surface area is 117 Å². The molecule has 2 unspecified atom stereocenters. The van der Waals surface area contributed by atoms with Gasteiger partial charge in [0.2, 0.25) is 5.91 Å². The summed E-state index contributed by atoms with van der Waals surface area (Å²) in [5, 5.41) is -0.201. The van der Waals surface area contributed by atoms with Crippen molar-refractivity contribution in [1.82, 2.24) is 4.90 Å². The Kier molecular flexibility index (Phi) is 4.27. The maximum atomic E-state index is 12.0. The molecule has 2 radical (unpaired) electrons. The van der Waals surface area contributed by atoms with Crippen molar-refractivity contribution in [2.75, 3.05) is 18.3 Å². The van der Waals surface area contributed by atoms with Crippen molar-refractivity contribution in [2.24, 2.45) is 5.73 Å². The van der Waals surface area contributed by atoms with E-state index in [9.17, 15) is 9.59 Å². The zero-order valence-corrected chi connectivity index (χ0v) is 12.1. The van der Waals surface area contributed by atoms with Crippen molar-refractivity contribution in [1.29, 1.82) is 0 Å². The number of nitrogens with zero attached hydrogens (tertiary/aromatic N) is 1. The van der Waals surface area contributed by atoms with Gasteiger partial charge in [0.25, 0.3) is 0 Å². The number of carbonyl (C=O) groups excluding carboxylic acids is 2. The highest BCUT2D eigenvalue weighted by atomic mass is 35.5. The van der Waals surface area contributed by atoms with Crippen LogP contribution in [0.5, 0.6) is 0 Å². The van der Waals surface area contributed by atoms with Crippen molar-refractivity contribution in [2.45, 2.75) is 11.4 Å². The average Bonchev–Trinajstić information content (AvgIpc) is 2.35. The first kappa shape index (κ1) is 14.2. The zero-order valence-electron chi connectivity index (χ0n) is 9.63. The maximum absolute atomic E-state index is 12.0. The molecular weight excluding hydrogens is 293 g/mol. The highest BCUT2D eigenvalue weighted by Crippen LogP contribution is 2.41. The van der Waals surface area contributed by atoms with Crippen LogP contribution in [-0.4, -0.2) is 54.1 Å². The molecule has 9 heteroatoms. The molecule has 2 N–H and O–H groups in total. The van der Waals surface area contributed by atoms with E-state index in [-0.39, 0.29) is 22.9 Å². The van der Waals surface area contributed by atoms with Gasteiger partial charge in [-0.05, 0) is 12.2 Å². The first-order valence-electron chi connectivity index (χ1n) is 5.16. The van der Waals surface area contributed by atoms with E-state index < -0.39 is 20.0 Å². The van der Waals surface area contributed by atoms with Crippen LogP contribution in [-0.2, 0) is 14.1 Å². The Morgan fingerprint density at radius 3 is 3.00 bits per heavy atom. The molecule has 0 aromatic carbocycles. The van der Waals surface area contributed by atoms with Crippen molar-refractivity contribution in [3.05, 3.63) is 11.3 Å². The molecule has 3 atom stereocenters. The number of nitrogens with two attached hydrogens (primary N) is 1. The lowest BCUT2D eigenvalue weighted by molar-refractivity contribution is -0.146. The van der Waals surface area contributed by atoms with Gasteiger partial charge in [0.05, 0.1) is 0 Å². The predicted molar refractivity (Wildman–Crippen MR) is 73.5 cm³/mol. The second-order valence-electron chi connectivity index (χ2n) is 3.95. The lowest BCUT2D eigenvalue weighted by Crippen LogP contribution is -2.68. The lowest BCUT2D eigenvalue weighted by atomic mass is 10.0. The van der Waals surface area contributed by atoms with Gasteiger partial charge in [0.15, 0.2) is 7.57 Å². The fourth-order valence-corrected chi connectivity index (χ4v) is 3.82. The fourth-order valence-electron chi connectivity index (χ4n) is 1.85. The quantitative estimate of drug-likeness (QED) is 0.353. The molecule has 0 bridgehead atoms. The lowest BCUT2D eigenvalue weighted by Gasteiger charge is -2.48. The predicted octanol–water partition coefficient (Wildman–Crippen LogP) is 0.375. The van der Waals surface area contributed by atoms with Crippen LogP contribution < -0.4 is 5.73 Å². The number of carbonyl (C=O) groups is 2. The number of fused-ring (bicyclic) bond motifs is 1. The van der Waals surface area contributed by atoms with Gasteiger partial charge >= 0.3 is 5.97 Å². The zero-order chi connectivity index (χ0) is 13.4. The van der Waals surface area contributed by atoms with E-state index in [0.717, 1.165) is 0 Å². The highest BCUT2D eigenvalue weighted by Gasteiger charge is 2.51. The molecule has 2 aliphatic heterocycles. The minimum absolute atomic E-state index is 0.176. The number of alkyl halides is 1. The van der Waals surface area contributed by atoms with Crippen molar-refractivity contribution in [3.63, 3.8) is 0 Å². The Bertz CT molecular complexity index is 434. The van der Waals surface area contributed by atoms with E-state index in [1.54, 1.807) is 6.66 Å². The van der Waals surface area contributed by atoms with Gasteiger partial charge in [0, 0.05) is 19.7 Å². The van der Waals surface area contributed by atoms with E-state index in [1.165, 1.54) is 16.7 Å². The molecule has 1 amide bonds. The summed E-state index contributed by atoms with van der Waals surface area (Å²) in [5.74, 6) is -0.121. The third kappa shape index (κ3) is 2.29. The number of rotatable bonds is 3. The number of hydrogen-bond donors (Lipinski definition) is 1. The highest BCUT2D eigenvalue weighted by molar-refractivity contribution is 8.00. The topological polar surface area (TPSA) is 72.6 Å². The Balaban J connectivity index is 2.29. The van der Waals surface area contributed by atoms with Gasteiger partial charge in [-0.3, -0.25) is 9.69 Å². The molecule has 2 rings (SSSR count). The second-order valence-corrected chi connectivity index (χ2v) is 6.59.